The molecule has 0 spiro atoms. The Hall–Kier alpha value is -0.720. The van der Waals surface area contributed by atoms with Gasteiger partial charge in [-0.2, -0.15) is 5.10 Å². The summed E-state index contributed by atoms with van der Waals surface area (Å²) in [5, 5.41) is 14.2. The average molecular weight is 364 g/mol. The van der Waals surface area contributed by atoms with Crippen molar-refractivity contribution >= 4 is 31.9 Å². The zero-order valence-electron chi connectivity index (χ0n) is 8.86. The quantitative estimate of drug-likeness (QED) is 0.889. The zero-order valence-corrected chi connectivity index (χ0v) is 12.0. The van der Waals surface area contributed by atoms with E-state index in [4.69, 9.17) is 0 Å². The predicted molar refractivity (Wildman–Crippen MR) is 69.1 cm³/mol. The third-order valence-electron chi connectivity index (χ3n) is 2.45. The van der Waals surface area contributed by atoms with Crippen molar-refractivity contribution in [2.45, 2.75) is 6.10 Å². The van der Waals surface area contributed by atoms with Gasteiger partial charge in [-0.15, -0.1) is 0 Å². The maximum absolute atomic E-state index is 13.6. The molecular weight excluding hydrogens is 355 g/mol. The van der Waals surface area contributed by atoms with Crippen molar-refractivity contribution in [3.05, 3.63) is 50.4 Å². The molecule has 1 unspecified atom stereocenters. The van der Waals surface area contributed by atoms with E-state index in [1.165, 1.54) is 10.7 Å². The summed E-state index contributed by atoms with van der Waals surface area (Å²) in [6.45, 7) is 0. The molecule has 2 rings (SSSR count). The molecule has 3 nitrogen and oxygen atoms in total. The molecular formula is C11H9Br2FN2O. The molecule has 0 radical (unpaired) electrons. The molecule has 1 heterocycles. The summed E-state index contributed by atoms with van der Waals surface area (Å²) in [7, 11) is 1.69. The van der Waals surface area contributed by atoms with Crippen molar-refractivity contribution in [1.29, 1.82) is 0 Å². The van der Waals surface area contributed by atoms with Gasteiger partial charge in [0, 0.05) is 17.1 Å². The van der Waals surface area contributed by atoms with Crippen LogP contribution in [0.25, 0.3) is 0 Å². The van der Waals surface area contributed by atoms with Crippen LogP contribution in [0.15, 0.2) is 33.3 Å². The molecule has 0 amide bonds. The van der Waals surface area contributed by atoms with E-state index in [1.807, 2.05) is 0 Å². The molecule has 0 bridgehead atoms. The summed E-state index contributed by atoms with van der Waals surface area (Å²) in [4.78, 5) is 0. The van der Waals surface area contributed by atoms with E-state index >= 15 is 0 Å². The highest BCUT2D eigenvalue weighted by molar-refractivity contribution is 9.10. The Morgan fingerprint density at radius 1 is 1.41 bits per heavy atom. The van der Waals surface area contributed by atoms with Crippen molar-refractivity contribution in [3.63, 3.8) is 0 Å². The fraction of sp³-hybridized carbons (Fsp3) is 0.182. The number of nitrogens with zero attached hydrogens (tertiary/aromatic N) is 2. The summed E-state index contributed by atoms with van der Waals surface area (Å²) in [5.41, 5.74) is 0.727. The van der Waals surface area contributed by atoms with Crippen LogP contribution in [0.2, 0.25) is 0 Å². The predicted octanol–water partition coefficient (Wildman–Crippen LogP) is 3.17. The Kier molecular flexibility index (Phi) is 3.65. The first-order valence-corrected chi connectivity index (χ1v) is 6.39. The van der Waals surface area contributed by atoms with E-state index in [1.54, 1.807) is 25.4 Å². The first-order valence-electron chi connectivity index (χ1n) is 4.81. The fourth-order valence-electron chi connectivity index (χ4n) is 1.60. The minimum Gasteiger partial charge on any atom is -0.382 e. The van der Waals surface area contributed by atoms with Crippen molar-refractivity contribution in [2.75, 3.05) is 0 Å². The molecule has 0 saturated heterocycles. The summed E-state index contributed by atoms with van der Waals surface area (Å²) < 4.78 is 16.5. The second-order valence-electron chi connectivity index (χ2n) is 3.57. The van der Waals surface area contributed by atoms with Gasteiger partial charge in [0.05, 0.1) is 16.4 Å². The molecule has 1 atom stereocenters. The van der Waals surface area contributed by atoms with E-state index in [2.05, 4.69) is 37.0 Å². The molecule has 17 heavy (non-hydrogen) atoms. The van der Waals surface area contributed by atoms with Crippen molar-refractivity contribution in [1.82, 2.24) is 9.78 Å². The van der Waals surface area contributed by atoms with Crippen LogP contribution in [0.5, 0.6) is 0 Å². The van der Waals surface area contributed by atoms with Crippen molar-refractivity contribution in [3.8, 4) is 0 Å². The van der Waals surface area contributed by atoms with Gasteiger partial charge in [0.15, 0.2) is 0 Å². The molecule has 0 fully saturated rings. The molecule has 0 aliphatic carbocycles. The highest BCUT2D eigenvalue weighted by Gasteiger charge is 2.21. The maximum Gasteiger partial charge on any atom is 0.129 e. The van der Waals surface area contributed by atoms with Crippen LogP contribution in [0.1, 0.15) is 17.4 Å². The number of hydrogen-bond donors (Lipinski definition) is 1. The highest BCUT2D eigenvalue weighted by atomic mass is 79.9. The zero-order chi connectivity index (χ0) is 12.6. The minimum atomic E-state index is -1.06. The lowest BCUT2D eigenvalue weighted by molar-refractivity contribution is 0.204. The van der Waals surface area contributed by atoms with Crippen molar-refractivity contribution in [2.24, 2.45) is 7.05 Å². The van der Waals surface area contributed by atoms with Crippen LogP contribution in [0.4, 0.5) is 4.39 Å². The minimum absolute atomic E-state index is 0.212. The number of aliphatic hydroxyl groups excluding tert-OH is 1. The molecule has 2 aromatic rings. The fourth-order valence-corrected chi connectivity index (χ4v) is 2.54. The lowest BCUT2D eigenvalue weighted by atomic mass is 10.1. The van der Waals surface area contributed by atoms with Gasteiger partial charge in [-0.25, -0.2) is 4.39 Å². The normalized spacial score (nSPS) is 12.8. The highest BCUT2D eigenvalue weighted by Crippen LogP contribution is 2.30. The molecule has 90 valence electrons. The maximum atomic E-state index is 13.6. The van der Waals surface area contributed by atoms with Crippen LogP contribution in [0.3, 0.4) is 0 Å². The van der Waals surface area contributed by atoms with Gasteiger partial charge in [0.2, 0.25) is 0 Å². The Morgan fingerprint density at radius 2 is 2.12 bits per heavy atom. The van der Waals surface area contributed by atoms with E-state index < -0.39 is 11.9 Å². The number of aryl methyl sites for hydroxylation is 1. The van der Waals surface area contributed by atoms with Crippen LogP contribution in [-0.2, 0) is 7.05 Å². The largest absolute Gasteiger partial charge is 0.382 e. The number of rotatable bonds is 2. The second kappa shape index (κ2) is 4.88. The van der Waals surface area contributed by atoms with Gasteiger partial charge in [-0.3, -0.25) is 4.68 Å². The smallest absolute Gasteiger partial charge is 0.129 e. The van der Waals surface area contributed by atoms with Gasteiger partial charge < -0.3 is 5.11 Å². The molecule has 0 saturated carbocycles. The lowest BCUT2D eigenvalue weighted by Gasteiger charge is -2.13. The number of benzene rings is 1. The van der Waals surface area contributed by atoms with Crippen LogP contribution in [0, 0.1) is 5.82 Å². The van der Waals surface area contributed by atoms with Gasteiger partial charge in [0.1, 0.15) is 11.9 Å². The van der Waals surface area contributed by atoms with Crippen LogP contribution >= 0.6 is 31.9 Å². The summed E-state index contributed by atoms with van der Waals surface area (Å²) in [6, 6.07) is 4.45. The molecule has 0 aliphatic rings. The van der Waals surface area contributed by atoms with E-state index in [-0.39, 0.29) is 5.56 Å². The van der Waals surface area contributed by atoms with E-state index in [0.717, 1.165) is 0 Å². The van der Waals surface area contributed by atoms with E-state index in [0.29, 0.717) is 14.6 Å². The molecule has 1 N–H and O–H groups in total. The summed E-state index contributed by atoms with van der Waals surface area (Å²) >= 11 is 6.53. The third-order valence-corrected chi connectivity index (χ3v) is 3.55. The molecule has 1 aromatic carbocycles. The lowest BCUT2D eigenvalue weighted by Crippen LogP contribution is -2.09. The standard InChI is InChI=1S/C11H9Br2FN2O/c1-16-10(8(13)5-15-16)11(17)7-4-6(12)2-3-9(7)14/h2-5,11,17H,1H3. The number of hydrogen-bond acceptors (Lipinski definition) is 2. The number of halogens is 3. The molecule has 6 heteroatoms. The van der Waals surface area contributed by atoms with Gasteiger partial charge >= 0.3 is 0 Å². The first-order chi connectivity index (χ1) is 8.00. The van der Waals surface area contributed by atoms with E-state index in [9.17, 15) is 9.50 Å². The Balaban J connectivity index is 2.50. The van der Waals surface area contributed by atoms with Crippen LogP contribution < -0.4 is 0 Å². The summed E-state index contributed by atoms with van der Waals surface area (Å²) in [5.74, 6) is -0.450. The molecule has 1 aromatic heterocycles. The topological polar surface area (TPSA) is 38.0 Å². The Labute approximate surface area is 115 Å². The van der Waals surface area contributed by atoms with Crippen molar-refractivity contribution < 1.29 is 9.50 Å². The van der Waals surface area contributed by atoms with Gasteiger partial charge in [-0.05, 0) is 34.1 Å². The molecule has 0 aliphatic heterocycles. The van der Waals surface area contributed by atoms with Gasteiger partial charge in [-0.1, -0.05) is 15.9 Å². The Morgan fingerprint density at radius 3 is 2.71 bits per heavy atom. The third kappa shape index (κ3) is 2.43. The van der Waals surface area contributed by atoms with Crippen LogP contribution in [-0.4, -0.2) is 14.9 Å². The number of aromatic nitrogens is 2. The number of aliphatic hydroxyl groups is 1. The SMILES string of the molecule is Cn1ncc(Br)c1C(O)c1cc(Br)ccc1F. The Bertz CT molecular complexity index is 537. The van der Waals surface area contributed by atoms with Gasteiger partial charge in [0.25, 0.3) is 0 Å². The first kappa shape index (κ1) is 12.7. The average Bonchev–Trinajstić information content (AvgIpc) is 2.61. The second-order valence-corrected chi connectivity index (χ2v) is 5.34. The monoisotopic (exact) mass is 362 g/mol. The summed E-state index contributed by atoms with van der Waals surface area (Å²) in [6.07, 6.45) is 0.503.